The highest BCUT2D eigenvalue weighted by atomic mass is 35.5. The highest BCUT2D eigenvalue weighted by Gasteiger charge is 2.34. The van der Waals surface area contributed by atoms with E-state index in [2.05, 4.69) is 6.92 Å². The Balaban J connectivity index is 2.19. The van der Waals surface area contributed by atoms with E-state index < -0.39 is 9.84 Å². The first kappa shape index (κ1) is 16.3. The zero-order valence-corrected chi connectivity index (χ0v) is 13.7. The number of halogens is 1. The van der Waals surface area contributed by atoms with E-state index in [1.807, 2.05) is 0 Å². The molecule has 4 nitrogen and oxygen atoms in total. The summed E-state index contributed by atoms with van der Waals surface area (Å²) < 4.78 is 23.3. The number of nitrogens with zero attached hydrogens (tertiary/aromatic N) is 1. The number of rotatable bonds is 5. The number of unbranched alkanes of at least 4 members (excludes halogenated alkanes) is 1. The predicted octanol–water partition coefficient (Wildman–Crippen LogP) is 2.77. The van der Waals surface area contributed by atoms with Crippen LogP contribution in [0.4, 0.5) is 0 Å². The zero-order chi connectivity index (χ0) is 15.5. The average Bonchev–Trinajstić information content (AvgIpc) is 2.80. The van der Waals surface area contributed by atoms with Crippen molar-refractivity contribution in [3.8, 4) is 0 Å². The molecule has 0 aliphatic carbocycles. The minimum atomic E-state index is -3.00. The minimum absolute atomic E-state index is 0.0794. The van der Waals surface area contributed by atoms with Gasteiger partial charge in [0.15, 0.2) is 9.84 Å². The van der Waals surface area contributed by atoms with Crippen molar-refractivity contribution in [1.29, 1.82) is 0 Å². The Kier molecular flexibility index (Phi) is 5.27. The standard InChI is InChI=1S/C15H20ClNO3S/c1-2-3-9-17(14-8-10-21(19,20)11-14)15(18)12-4-6-13(16)7-5-12/h4-7,14H,2-3,8-11H2,1H3/t14-/m0/s1. The van der Waals surface area contributed by atoms with Crippen molar-refractivity contribution < 1.29 is 13.2 Å². The van der Waals surface area contributed by atoms with E-state index in [-0.39, 0.29) is 23.5 Å². The van der Waals surface area contributed by atoms with Crippen molar-refractivity contribution >= 4 is 27.3 Å². The van der Waals surface area contributed by atoms with Crippen LogP contribution >= 0.6 is 11.6 Å². The number of carbonyl (C=O) groups excluding carboxylic acids is 1. The Morgan fingerprint density at radius 1 is 1.33 bits per heavy atom. The molecule has 1 saturated heterocycles. The predicted molar refractivity (Wildman–Crippen MR) is 84.5 cm³/mol. The molecular weight excluding hydrogens is 310 g/mol. The van der Waals surface area contributed by atoms with Gasteiger partial charge in [-0.05, 0) is 37.1 Å². The summed E-state index contributed by atoms with van der Waals surface area (Å²) in [5.41, 5.74) is 0.555. The Morgan fingerprint density at radius 3 is 2.52 bits per heavy atom. The fraction of sp³-hybridized carbons (Fsp3) is 0.533. The molecule has 1 aliphatic heterocycles. The van der Waals surface area contributed by atoms with Crippen molar-refractivity contribution in [3.63, 3.8) is 0 Å². The molecule has 6 heteroatoms. The number of sulfone groups is 1. The molecule has 0 unspecified atom stereocenters. The van der Waals surface area contributed by atoms with Gasteiger partial charge in [0.1, 0.15) is 0 Å². The lowest BCUT2D eigenvalue weighted by molar-refractivity contribution is 0.0694. The van der Waals surface area contributed by atoms with Crippen molar-refractivity contribution in [2.45, 2.75) is 32.2 Å². The molecule has 1 fully saturated rings. The monoisotopic (exact) mass is 329 g/mol. The Labute approximate surface area is 131 Å². The van der Waals surface area contributed by atoms with Crippen LogP contribution in [-0.4, -0.2) is 43.3 Å². The van der Waals surface area contributed by atoms with Crippen molar-refractivity contribution in [2.24, 2.45) is 0 Å². The highest BCUT2D eigenvalue weighted by molar-refractivity contribution is 7.91. The summed E-state index contributed by atoms with van der Waals surface area (Å²) in [7, 11) is -3.00. The minimum Gasteiger partial charge on any atom is -0.335 e. The topological polar surface area (TPSA) is 54.5 Å². The van der Waals surface area contributed by atoms with E-state index in [4.69, 9.17) is 11.6 Å². The molecule has 1 aromatic carbocycles. The second-order valence-electron chi connectivity index (χ2n) is 5.42. The van der Waals surface area contributed by atoms with Crippen molar-refractivity contribution in [2.75, 3.05) is 18.1 Å². The van der Waals surface area contributed by atoms with Crippen LogP contribution in [0, 0.1) is 0 Å². The van der Waals surface area contributed by atoms with Gasteiger partial charge in [-0.2, -0.15) is 0 Å². The maximum atomic E-state index is 12.6. The van der Waals surface area contributed by atoms with Gasteiger partial charge in [0.05, 0.1) is 11.5 Å². The van der Waals surface area contributed by atoms with Gasteiger partial charge in [0.25, 0.3) is 5.91 Å². The van der Waals surface area contributed by atoms with E-state index >= 15 is 0 Å². The Bertz CT molecular complexity index is 598. The Hall–Kier alpha value is -1.07. The lowest BCUT2D eigenvalue weighted by atomic mass is 10.1. The summed E-state index contributed by atoms with van der Waals surface area (Å²) in [5, 5.41) is 0.579. The Morgan fingerprint density at radius 2 is 2.00 bits per heavy atom. The molecule has 116 valence electrons. The van der Waals surface area contributed by atoms with E-state index in [0.717, 1.165) is 12.8 Å². The third kappa shape index (κ3) is 4.20. The summed E-state index contributed by atoms with van der Waals surface area (Å²) in [6.07, 6.45) is 2.37. The third-order valence-electron chi connectivity index (χ3n) is 3.75. The van der Waals surface area contributed by atoms with Crippen molar-refractivity contribution in [3.05, 3.63) is 34.9 Å². The lowest BCUT2D eigenvalue weighted by Crippen LogP contribution is -2.41. The van der Waals surface area contributed by atoms with Crippen molar-refractivity contribution in [1.82, 2.24) is 4.90 Å². The fourth-order valence-corrected chi connectivity index (χ4v) is 4.41. The number of hydrogen-bond acceptors (Lipinski definition) is 3. The number of carbonyl (C=O) groups is 1. The molecule has 1 aromatic rings. The normalized spacial score (nSPS) is 20.4. The summed E-state index contributed by atoms with van der Waals surface area (Å²) in [4.78, 5) is 14.4. The first-order valence-corrected chi connectivity index (χ1v) is 9.40. The maximum Gasteiger partial charge on any atom is 0.254 e. The van der Waals surface area contributed by atoms with Gasteiger partial charge in [0.2, 0.25) is 0 Å². The van der Waals surface area contributed by atoms with Crippen LogP contribution in [0.25, 0.3) is 0 Å². The zero-order valence-electron chi connectivity index (χ0n) is 12.1. The molecule has 0 aromatic heterocycles. The molecule has 1 heterocycles. The average molecular weight is 330 g/mol. The van der Waals surface area contributed by atoms with E-state index in [0.29, 0.717) is 23.6 Å². The second-order valence-corrected chi connectivity index (χ2v) is 8.08. The second kappa shape index (κ2) is 6.79. The van der Waals surface area contributed by atoms with Gasteiger partial charge >= 0.3 is 0 Å². The summed E-state index contributed by atoms with van der Waals surface area (Å²) in [6.45, 7) is 2.65. The first-order chi connectivity index (χ1) is 9.93. The summed E-state index contributed by atoms with van der Waals surface area (Å²) >= 11 is 5.84. The van der Waals surface area contributed by atoms with Crippen LogP contribution < -0.4 is 0 Å². The van der Waals surface area contributed by atoms with Crippen LogP contribution in [0.3, 0.4) is 0 Å². The molecule has 1 aliphatic rings. The molecule has 0 radical (unpaired) electrons. The number of benzene rings is 1. The molecule has 1 atom stereocenters. The van der Waals surface area contributed by atoms with E-state index in [1.165, 1.54) is 0 Å². The van der Waals surface area contributed by atoms with E-state index in [9.17, 15) is 13.2 Å². The van der Waals surface area contributed by atoms with Gasteiger partial charge in [0, 0.05) is 23.2 Å². The lowest BCUT2D eigenvalue weighted by Gasteiger charge is -2.28. The van der Waals surface area contributed by atoms with Gasteiger partial charge in [-0.3, -0.25) is 4.79 Å². The largest absolute Gasteiger partial charge is 0.335 e. The van der Waals surface area contributed by atoms with Crippen LogP contribution in [0.5, 0.6) is 0 Å². The SMILES string of the molecule is CCCCN(C(=O)c1ccc(Cl)cc1)[C@H]1CCS(=O)(=O)C1. The number of amides is 1. The van der Waals surface area contributed by atoms with Gasteiger partial charge in [-0.1, -0.05) is 24.9 Å². The maximum absolute atomic E-state index is 12.6. The molecule has 2 rings (SSSR count). The smallest absolute Gasteiger partial charge is 0.254 e. The van der Waals surface area contributed by atoms with Crippen LogP contribution in [0.1, 0.15) is 36.5 Å². The molecule has 0 spiro atoms. The molecule has 1 amide bonds. The van der Waals surface area contributed by atoms with Crippen LogP contribution in [0.15, 0.2) is 24.3 Å². The highest BCUT2D eigenvalue weighted by Crippen LogP contribution is 2.21. The molecular formula is C15H20ClNO3S. The fourth-order valence-electron chi connectivity index (χ4n) is 2.56. The summed E-state index contributed by atoms with van der Waals surface area (Å²) in [6, 6.07) is 6.53. The van der Waals surface area contributed by atoms with Crippen LogP contribution in [-0.2, 0) is 9.84 Å². The van der Waals surface area contributed by atoms with Gasteiger partial charge in [-0.25, -0.2) is 8.42 Å². The molecule has 0 N–H and O–H groups in total. The van der Waals surface area contributed by atoms with E-state index in [1.54, 1.807) is 29.2 Å². The molecule has 0 saturated carbocycles. The molecule has 21 heavy (non-hydrogen) atoms. The first-order valence-electron chi connectivity index (χ1n) is 7.20. The third-order valence-corrected chi connectivity index (χ3v) is 5.76. The quantitative estimate of drug-likeness (QED) is 0.834. The van der Waals surface area contributed by atoms with Gasteiger partial charge < -0.3 is 4.90 Å². The molecule has 0 bridgehead atoms. The van der Waals surface area contributed by atoms with Crippen LogP contribution in [0.2, 0.25) is 5.02 Å². The summed E-state index contributed by atoms with van der Waals surface area (Å²) in [5.74, 6) is 0.145. The van der Waals surface area contributed by atoms with Gasteiger partial charge in [-0.15, -0.1) is 0 Å². The number of hydrogen-bond donors (Lipinski definition) is 0.